The maximum absolute atomic E-state index is 9.99. The molecule has 1 aliphatic carbocycles. The molecular weight excluding hydrogens is 266 g/mol. The van der Waals surface area contributed by atoms with Crippen molar-refractivity contribution in [3.05, 3.63) is 29.7 Å². The van der Waals surface area contributed by atoms with Gasteiger partial charge in [0.1, 0.15) is 11.5 Å². The van der Waals surface area contributed by atoms with E-state index in [0.29, 0.717) is 5.92 Å². The highest BCUT2D eigenvalue weighted by Crippen LogP contribution is 2.25. The Bertz CT molecular complexity index is 576. The Morgan fingerprint density at radius 3 is 3.00 bits per heavy atom. The summed E-state index contributed by atoms with van der Waals surface area (Å²) < 4.78 is 5.64. The summed E-state index contributed by atoms with van der Waals surface area (Å²) in [4.78, 5) is 0. The molecule has 5 heteroatoms. The van der Waals surface area contributed by atoms with Crippen LogP contribution in [0.3, 0.4) is 0 Å². The Morgan fingerprint density at radius 1 is 1.38 bits per heavy atom. The molecule has 2 atom stereocenters. The van der Waals surface area contributed by atoms with Gasteiger partial charge in [-0.2, -0.15) is 5.10 Å². The van der Waals surface area contributed by atoms with Crippen LogP contribution < -0.4 is 5.32 Å². The highest BCUT2D eigenvalue weighted by atomic mass is 16.3. The van der Waals surface area contributed by atoms with Crippen molar-refractivity contribution in [1.82, 2.24) is 15.5 Å². The predicted molar refractivity (Wildman–Crippen MR) is 80.7 cm³/mol. The minimum absolute atomic E-state index is 0.150. The predicted octanol–water partition coefficient (Wildman–Crippen LogP) is 2.62. The van der Waals surface area contributed by atoms with Crippen molar-refractivity contribution < 1.29 is 9.52 Å². The first-order chi connectivity index (χ1) is 10.2. The van der Waals surface area contributed by atoms with Gasteiger partial charge in [-0.1, -0.05) is 12.8 Å². The number of aryl methyl sites for hydroxylation is 1. The van der Waals surface area contributed by atoms with Gasteiger partial charge in [-0.15, -0.1) is 0 Å². The van der Waals surface area contributed by atoms with Crippen molar-refractivity contribution in [1.29, 1.82) is 0 Å². The van der Waals surface area contributed by atoms with Crippen molar-refractivity contribution in [2.75, 3.05) is 6.54 Å². The van der Waals surface area contributed by atoms with E-state index < -0.39 is 0 Å². The second-order valence-corrected chi connectivity index (χ2v) is 5.92. The fourth-order valence-corrected chi connectivity index (χ4v) is 3.05. The monoisotopic (exact) mass is 289 g/mol. The molecule has 2 aromatic rings. The lowest BCUT2D eigenvalue weighted by Crippen LogP contribution is -2.33. The lowest BCUT2D eigenvalue weighted by molar-refractivity contribution is 0.0695. The average molecular weight is 289 g/mol. The van der Waals surface area contributed by atoms with Crippen LogP contribution in [0.25, 0.3) is 11.5 Å². The second-order valence-electron chi connectivity index (χ2n) is 5.92. The number of aliphatic hydroxyl groups excluding tert-OH is 1. The first-order valence-electron chi connectivity index (χ1n) is 7.72. The van der Waals surface area contributed by atoms with E-state index in [-0.39, 0.29) is 6.10 Å². The number of furan rings is 1. The fourth-order valence-electron chi connectivity index (χ4n) is 3.05. The normalized spacial score (nSPS) is 22.6. The van der Waals surface area contributed by atoms with Crippen molar-refractivity contribution in [3.63, 3.8) is 0 Å². The number of aromatic amines is 1. The Labute approximate surface area is 124 Å². The average Bonchev–Trinajstić information content (AvgIpc) is 3.09. The Hall–Kier alpha value is -1.59. The van der Waals surface area contributed by atoms with Crippen LogP contribution in [0.5, 0.6) is 0 Å². The third kappa shape index (κ3) is 3.36. The number of rotatable bonds is 5. The molecule has 2 heterocycles. The number of H-pyrrole nitrogens is 1. The van der Waals surface area contributed by atoms with Gasteiger partial charge in [-0.25, -0.2) is 0 Å². The summed E-state index contributed by atoms with van der Waals surface area (Å²) in [6.45, 7) is 3.51. The molecule has 0 spiro atoms. The lowest BCUT2D eigenvalue weighted by Gasteiger charge is -2.27. The molecule has 2 unspecified atom stereocenters. The quantitative estimate of drug-likeness (QED) is 0.791. The summed E-state index contributed by atoms with van der Waals surface area (Å²) >= 11 is 0. The first kappa shape index (κ1) is 14.4. The smallest absolute Gasteiger partial charge is 0.152 e. The zero-order valence-corrected chi connectivity index (χ0v) is 12.4. The second kappa shape index (κ2) is 6.45. The number of aliphatic hydroxyl groups is 1. The highest BCUT2D eigenvalue weighted by Gasteiger charge is 2.22. The van der Waals surface area contributed by atoms with Crippen LogP contribution in [0.15, 0.2) is 22.7 Å². The van der Waals surface area contributed by atoms with Crippen LogP contribution in [-0.4, -0.2) is 28.0 Å². The molecule has 0 radical (unpaired) electrons. The summed E-state index contributed by atoms with van der Waals surface area (Å²) in [5, 5.41) is 20.5. The molecule has 0 aromatic carbocycles. The minimum Gasteiger partial charge on any atom is -0.460 e. The zero-order valence-electron chi connectivity index (χ0n) is 12.4. The van der Waals surface area contributed by atoms with Gasteiger partial charge in [0.25, 0.3) is 0 Å². The maximum Gasteiger partial charge on any atom is 0.152 e. The molecule has 0 saturated heterocycles. The molecule has 0 bridgehead atoms. The molecule has 2 aromatic heterocycles. The van der Waals surface area contributed by atoms with Crippen LogP contribution in [0.2, 0.25) is 0 Å². The van der Waals surface area contributed by atoms with E-state index in [4.69, 9.17) is 4.42 Å². The third-order valence-electron chi connectivity index (χ3n) is 4.30. The Balaban J connectivity index is 1.57. The molecule has 0 aliphatic heterocycles. The third-order valence-corrected chi connectivity index (χ3v) is 4.30. The summed E-state index contributed by atoms with van der Waals surface area (Å²) in [6.07, 6.45) is 6.12. The van der Waals surface area contributed by atoms with E-state index in [9.17, 15) is 5.11 Å². The molecule has 1 fully saturated rings. The van der Waals surface area contributed by atoms with Gasteiger partial charge in [-0.05, 0) is 37.8 Å². The Kier molecular flexibility index (Phi) is 4.41. The van der Waals surface area contributed by atoms with E-state index in [1.165, 1.54) is 6.42 Å². The van der Waals surface area contributed by atoms with Crippen molar-refractivity contribution in [2.24, 2.45) is 5.92 Å². The van der Waals surface area contributed by atoms with Crippen molar-refractivity contribution in [2.45, 2.75) is 45.3 Å². The largest absolute Gasteiger partial charge is 0.460 e. The summed E-state index contributed by atoms with van der Waals surface area (Å²) in [7, 11) is 0. The van der Waals surface area contributed by atoms with Gasteiger partial charge in [0.05, 0.1) is 12.3 Å². The van der Waals surface area contributed by atoms with Crippen LogP contribution in [-0.2, 0) is 6.54 Å². The standard InChI is InChI=1S/C16H23N3O2/c1-11-6-7-15(21-11)16-13(10-18-19-16)9-17-8-12-4-2-3-5-14(12)20/h6-7,10,12,14,17,20H,2-5,8-9H2,1H3,(H,18,19). The van der Waals surface area contributed by atoms with Gasteiger partial charge in [0, 0.05) is 18.7 Å². The topological polar surface area (TPSA) is 74.1 Å². The number of aromatic nitrogens is 2. The van der Waals surface area contributed by atoms with Crippen LogP contribution in [0, 0.1) is 12.8 Å². The summed E-state index contributed by atoms with van der Waals surface area (Å²) in [6, 6.07) is 3.91. The van der Waals surface area contributed by atoms with E-state index >= 15 is 0 Å². The molecule has 5 nitrogen and oxygen atoms in total. The van der Waals surface area contributed by atoms with Gasteiger partial charge in [-0.3, -0.25) is 5.10 Å². The van der Waals surface area contributed by atoms with Crippen LogP contribution >= 0.6 is 0 Å². The molecular formula is C16H23N3O2. The van der Waals surface area contributed by atoms with Crippen molar-refractivity contribution >= 4 is 0 Å². The minimum atomic E-state index is -0.150. The SMILES string of the molecule is Cc1ccc(-c2[nH]ncc2CNCC2CCCCC2O)o1. The maximum atomic E-state index is 9.99. The molecule has 21 heavy (non-hydrogen) atoms. The first-order valence-corrected chi connectivity index (χ1v) is 7.72. The molecule has 114 valence electrons. The van der Waals surface area contributed by atoms with E-state index in [1.54, 1.807) is 0 Å². The Morgan fingerprint density at radius 2 is 2.24 bits per heavy atom. The molecule has 3 N–H and O–H groups in total. The van der Waals surface area contributed by atoms with Gasteiger partial charge in [0.15, 0.2) is 5.76 Å². The molecule has 1 saturated carbocycles. The number of nitrogens with one attached hydrogen (secondary N) is 2. The number of hydrogen-bond acceptors (Lipinski definition) is 4. The van der Waals surface area contributed by atoms with Crippen LogP contribution in [0.1, 0.15) is 37.0 Å². The number of nitrogens with zero attached hydrogens (tertiary/aromatic N) is 1. The number of hydrogen-bond donors (Lipinski definition) is 3. The summed E-state index contributed by atoms with van der Waals surface area (Å²) in [5.74, 6) is 2.09. The molecule has 0 amide bonds. The van der Waals surface area contributed by atoms with Crippen molar-refractivity contribution in [3.8, 4) is 11.5 Å². The van der Waals surface area contributed by atoms with E-state index in [2.05, 4.69) is 15.5 Å². The zero-order chi connectivity index (χ0) is 14.7. The highest BCUT2D eigenvalue weighted by molar-refractivity contribution is 5.56. The molecule has 3 rings (SSSR count). The lowest BCUT2D eigenvalue weighted by atomic mass is 9.86. The van der Waals surface area contributed by atoms with Gasteiger partial charge < -0.3 is 14.8 Å². The fraction of sp³-hybridized carbons (Fsp3) is 0.562. The van der Waals surface area contributed by atoms with E-state index in [0.717, 1.165) is 55.1 Å². The van der Waals surface area contributed by atoms with Gasteiger partial charge in [0.2, 0.25) is 0 Å². The van der Waals surface area contributed by atoms with Gasteiger partial charge >= 0.3 is 0 Å². The summed E-state index contributed by atoms with van der Waals surface area (Å²) in [5.41, 5.74) is 2.02. The van der Waals surface area contributed by atoms with E-state index in [1.807, 2.05) is 25.3 Å². The van der Waals surface area contributed by atoms with Crippen LogP contribution in [0.4, 0.5) is 0 Å². The molecule has 1 aliphatic rings.